The average Bonchev–Trinajstić information content (AvgIpc) is 2.98. The third kappa shape index (κ3) is 2.28. The highest BCUT2D eigenvalue weighted by Crippen LogP contribution is 2.30. The first-order chi connectivity index (χ1) is 10.0. The SMILES string of the molecule is CC1(c2ccccc2)NC(=O)N(Cc2nnsc2Cl)C1=O. The third-order valence-electron chi connectivity index (χ3n) is 3.44. The van der Waals surface area contributed by atoms with Gasteiger partial charge in [0.1, 0.15) is 15.6 Å². The molecule has 1 N–H and O–H groups in total. The first-order valence-corrected chi connectivity index (χ1v) is 7.34. The van der Waals surface area contributed by atoms with Gasteiger partial charge >= 0.3 is 6.03 Å². The number of hydrogen-bond acceptors (Lipinski definition) is 5. The zero-order valence-electron chi connectivity index (χ0n) is 11.0. The number of carbonyl (C=O) groups excluding carboxylic acids is 2. The molecular formula is C13H11ClN4O2S. The molecule has 1 unspecified atom stereocenters. The van der Waals surface area contributed by atoms with Gasteiger partial charge in [-0.3, -0.25) is 9.69 Å². The molecule has 0 saturated carbocycles. The lowest BCUT2D eigenvalue weighted by Crippen LogP contribution is -2.40. The van der Waals surface area contributed by atoms with Crippen LogP contribution in [-0.4, -0.2) is 26.4 Å². The van der Waals surface area contributed by atoms with Gasteiger partial charge in [-0.25, -0.2) is 4.79 Å². The molecule has 2 heterocycles. The van der Waals surface area contributed by atoms with E-state index in [1.807, 2.05) is 18.2 Å². The van der Waals surface area contributed by atoms with Gasteiger partial charge < -0.3 is 5.32 Å². The number of halogens is 1. The zero-order valence-corrected chi connectivity index (χ0v) is 12.6. The summed E-state index contributed by atoms with van der Waals surface area (Å²) in [6.45, 7) is 1.70. The lowest BCUT2D eigenvalue weighted by Gasteiger charge is -2.21. The van der Waals surface area contributed by atoms with Crippen molar-refractivity contribution in [2.24, 2.45) is 0 Å². The number of hydrogen-bond donors (Lipinski definition) is 1. The quantitative estimate of drug-likeness (QED) is 0.879. The lowest BCUT2D eigenvalue weighted by atomic mass is 9.92. The largest absolute Gasteiger partial charge is 0.325 e. The van der Waals surface area contributed by atoms with Crippen molar-refractivity contribution in [2.45, 2.75) is 19.0 Å². The zero-order chi connectivity index (χ0) is 15.0. The summed E-state index contributed by atoms with van der Waals surface area (Å²) in [5.41, 5.74) is 0.0738. The van der Waals surface area contributed by atoms with Crippen LogP contribution in [-0.2, 0) is 16.9 Å². The molecule has 3 amide bonds. The molecule has 1 aromatic carbocycles. The van der Waals surface area contributed by atoms with Gasteiger partial charge in [0.2, 0.25) is 0 Å². The molecule has 0 radical (unpaired) electrons. The minimum Gasteiger partial charge on any atom is -0.319 e. The van der Waals surface area contributed by atoms with E-state index in [4.69, 9.17) is 11.6 Å². The molecule has 1 aliphatic heterocycles. The van der Waals surface area contributed by atoms with Gasteiger partial charge in [-0.15, -0.1) is 5.10 Å². The predicted molar refractivity (Wildman–Crippen MR) is 77.8 cm³/mol. The molecule has 3 rings (SSSR count). The minimum absolute atomic E-state index is 0.0163. The van der Waals surface area contributed by atoms with Crippen molar-refractivity contribution in [3.63, 3.8) is 0 Å². The molecule has 1 aromatic heterocycles. The molecule has 8 heteroatoms. The topological polar surface area (TPSA) is 75.2 Å². The average molecular weight is 323 g/mol. The molecule has 2 aromatic rings. The Labute approximate surface area is 129 Å². The van der Waals surface area contributed by atoms with Crippen molar-refractivity contribution >= 4 is 35.1 Å². The predicted octanol–water partition coefficient (Wildman–Crippen LogP) is 2.16. The van der Waals surface area contributed by atoms with Crippen molar-refractivity contribution in [3.8, 4) is 0 Å². The van der Waals surface area contributed by atoms with Crippen molar-refractivity contribution in [2.75, 3.05) is 0 Å². The minimum atomic E-state index is -1.08. The molecule has 1 atom stereocenters. The second kappa shape index (κ2) is 5.09. The molecule has 6 nitrogen and oxygen atoms in total. The van der Waals surface area contributed by atoms with Crippen LogP contribution in [0.3, 0.4) is 0 Å². The van der Waals surface area contributed by atoms with Crippen LogP contribution >= 0.6 is 23.1 Å². The number of nitrogens with zero attached hydrogens (tertiary/aromatic N) is 3. The Kier molecular flexibility index (Phi) is 3.38. The molecule has 0 aliphatic carbocycles. The van der Waals surface area contributed by atoms with Crippen LogP contribution in [0.2, 0.25) is 4.34 Å². The smallest absolute Gasteiger partial charge is 0.319 e. The maximum Gasteiger partial charge on any atom is 0.325 e. The van der Waals surface area contributed by atoms with Crippen molar-refractivity contribution in [1.82, 2.24) is 19.8 Å². The van der Waals surface area contributed by atoms with Crippen molar-refractivity contribution < 1.29 is 9.59 Å². The first-order valence-electron chi connectivity index (χ1n) is 6.19. The summed E-state index contributed by atoms with van der Waals surface area (Å²) >= 11 is 6.95. The Morgan fingerprint density at radius 3 is 2.67 bits per heavy atom. The van der Waals surface area contributed by atoms with E-state index < -0.39 is 11.6 Å². The van der Waals surface area contributed by atoms with Crippen molar-refractivity contribution in [1.29, 1.82) is 0 Å². The van der Waals surface area contributed by atoms with Gasteiger partial charge in [0.05, 0.1) is 6.54 Å². The molecule has 0 bridgehead atoms. The number of benzene rings is 1. The summed E-state index contributed by atoms with van der Waals surface area (Å²) in [5.74, 6) is -0.331. The molecule has 21 heavy (non-hydrogen) atoms. The fourth-order valence-corrected chi connectivity index (χ4v) is 2.86. The van der Waals surface area contributed by atoms with Gasteiger partial charge in [0.25, 0.3) is 5.91 Å². The van der Waals surface area contributed by atoms with Gasteiger partial charge in [0, 0.05) is 11.5 Å². The van der Waals surface area contributed by atoms with E-state index in [1.165, 1.54) is 0 Å². The highest BCUT2D eigenvalue weighted by atomic mass is 35.5. The molecule has 1 fully saturated rings. The summed E-state index contributed by atoms with van der Waals surface area (Å²) in [4.78, 5) is 25.9. The number of amides is 3. The van der Waals surface area contributed by atoms with E-state index in [-0.39, 0.29) is 12.5 Å². The maximum absolute atomic E-state index is 12.6. The number of urea groups is 1. The Balaban J connectivity index is 1.91. The van der Waals surface area contributed by atoms with Gasteiger partial charge in [-0.05, 0) is 12.5 Å². The second-order valence-corrected chi connectivity index (χ2v) is 6.16. The van der Waals surface area contributed by atoms with Gasteiger partial charge in [-0.1, -0.05) is 46.4 Å². The van der Waals surface area contributed by atoms with E-state index in [1.54, 1.807) is 19.1 Å². The van der Waals surface area contributed by atoms with Crippen LogP contribution in [0.25, 0.3) is 0 Å². The number of nitrogens with one attached hydrogen (secondary N) is 1. The fraction of sp³-hybridized carbons (Fsp3) is 0.231. The summed E-state index contributed by atoms with van der Waals surface area (Å²) in [6.07, 6.45) is 0. The van der Waals surface area contributed by atoms with E-state index in [0.717, 1.165) is 22.0 Å². The molecular weight excluding hydrogens is 312 g/mol. The Morgan fingerprint density at radius 2 is 2.05 bits per heavy atom. The normalized spacial score (nSPS) is 21.7. The monoisotopic (exact) mass is 322 g/mol. The summed E-state index contributed by atoms with van der Waals surface area (Å²) in [6, 6.07) is 8.65. The molecule has 1 aliphatic rings. The van der Waals surface area contributed by atoms with Crippen LogP contribution in [0.1, 0.15) is 18.2 Å². The standard InChI is InChI=1S/C13H11ClN4O2S/c1-13(8-5-3-2-4-6-8)11(19)18(12(20)15-13)7-9-10(14)21-17-16-9/h2-6H,7H2,1H3,(H,15,20). The van der Waals surface area contributed by atoms with E-state index >= 15 is 0 Å². The number of imide groups is 1. The van der Waals surface area contributed by atoms with E-state index in [9.17, 15) is 9.59 Å². The Bertz CT molecular complexity index is 705. The highest BCUT2D eigenvalue weighted by molar-refractivity contribution is 7.10. The van der Waals surface area contributed by atoms with Crippen LogP contribution < -0.4 is 5.32 Å². The summed E-state index contributed by atoms with van der Waals surface area (Å²) in [5, 5.41) is 6.56. The van der Waals surface area contributed by atoms with Crippen LogP contribution in [0, 0.1) is 0 Å². The maximum atomic E-state index is 12.6. The van der Waals surface area contributed by atoms with Gasteiger partial charge in [0.15, 0.2) is 0 Å². The van der Waals surface area contributed by atoms with Crippen LogP contribution in [0.4, 0.5) is 4.79 Å². The summed E-state index contributed by atoms with van der Waals surface area (Å²) in [7, 11) is 0. The summed E-state index contributed by atoms with van der Waals surface area (Å²) < 4.78 is 4.08. The first kappa shape index (κ1) is 14.0. The Hall–Kier alpha value is -1.99. The highest BCUT2D eigenvalue weighted by Gasteiger charge is 2.49. The van der Waals surface area contributed by atoms with Crippen LogP contribution in [0.15, 0.2) is 30.3 Å². The van der Waals surface area contributed by atoms with E-state index in [0.29, 0.717) is 10.0 Å². The van der Waals surface area contributed by atoms with Gasteiger partial charge in [-0.2, -0.15) is 0 Å². The lowest BCUT2D eigenvalue weighted by molar-refractivity contribution is -0.131. The Morgan fingerprint density at radius 1 is 1.33 bits per heavy atom. The molecule has 108 valence electrons. The second-order valence-electron chi connectivity index (χ2n) is 4.81. The number of carbonyl (C=O) groups is 2. The van der Waals surface area contributed by atoms with Crippen LogP contribution in [0.5, 0.6) is 0 Å². The third-order valence-corrected chi connectivity index (χ3v) is 4.43. The molecule has 0 spiro atoms. The fourth-order valence-electron chi connectivity index (χ4n) is 2.25. The van der Waals surface area contributed by atoms with E-state index in [2.05, 4.69) is 14.9 Å². The van der Waals surface area contributed by atoms with Crippen molar-refractivity contribution in [3.05, 3.63) is 45.9 Å². The molecule has 1 saturated heterocycles. The number of aromatic nitrogens is 2. The number of rotatable bonds is 3.